The molecule has 0 aliphatic heterocycles. The zero-order valence-electron chi connectivity index (χ0n) is 18.0. The number of carbonyl (C=O) groups is 1. The highest BCUT2D eigenvalue weighted by atomic mass is 32.2. The first-order chi connectivity index (χ1) is 13.5. The fourth-order valence-electron chi connectivity index (χ4n) is 3.09. The summed E-state index contributed by atoms with van der Waals surface area (Å²) in [4.78, 5) is 12.6. The van der Waals surface area contributed by atoms with Crippen LogP contribution in [-0.2, 0) is 33.2 Å². The summed E-state index contributed by atoms with van der Waals surface area (Å²) in [7, 11) is -3.29. The SMILES string of the molecule is CCC(Cc1ccc(C(C)(C)C)cc1)C(=O)NCc1ccc(NS(C)(=O)=O)cc1. The average Bonchev–Trinajstić information content (AvgIpc) is 2.63. The van der Waals surface area contributed by atoms with Gasteiger partial charge in [0.15, 0.2) is 0 Å². The normalized spacial score (nSPS) is 13.0. The molecule has 2 aromatic carbocycles. The molecule has 0 aromatic heterocycles. The van der Waals surface area contributed by atoms with E-state index in [4.69, 9.17) is 0 Å². The van der Waals surface area contributed by atoms with Crippen molar-refractivity contribution in [1.82, 2.24) is 5.32 Å². The average molecular weight is 417 g/mol. The molecule has 6 heteroatoms. The lowest BCUT2D eigenvalue weighted by Crippen LogP contribution is -2.31. The Morgan fingerprint density at radius 2 is 1.52 bits per heavy atom. The van der Waals surface area contributed by atoms with Crippen LogP contribution >= 0.6 is 0 Å². The third kappa shape index (κ3) is 7.54. The number of rotatable bonds is 8. The predicted molar refractivity (Wildman–Crippen MR) is 119 cm³/mol. The Morgan fingerprint density at radius 1 is 0.966 bits per heavy atom. The van der Waals surface area contributed by atoms with E-state index in [2.05, 4.69) is 55.1 Å². The Morgan fingerprint density at radius 3 is 2.00 bits per heavy atom. The quantitative estimate of drug-likeness (QED) is 0.676. The lowest BCUT2D eigenvalue weighted by Gasteiger charge is -2.20. The van der Waals surface area contributed by atoms with Crippen LogP contribution in [0.5, 0.6) is 0 Å². The summed E-state index contributed by atoms with van der Waals surface area (Å²) in [5, 5.41) is 3.00. The van der Waals surface area contributed by atoms with Gasteiger partial charge in [0, 0.05) is 18.2 Å². The zero-order valence-corrected chi connectivity index (χ0v) is 18.8. The van der Waals surface area contributed by atoms with Gasteiger partial charge in [-0.15, -0.1) is 0 Å². The van der Waals surface area contributed by atoms with Crippen LogP contribution in [0.2, 0.25) is 0 Å². The van der Waals surface area contributed by atoms with Gasteiger partial charge < -0.3 is 5.32 Å². The van der Waals surface area contributed by atoms with Crippen LogP contribution < -0.4 is 10.0 Å². The molecule has 0 radical (unpaired) electrons. The van der Waals surface area contributed by atoms with E-state index >= 15 is 0 Å². The number of hydrogen-bond acceptors (Lipinski definition) is 3. The van der Waals surface area contributed by atoms with Crippen LogP contribution in [0, 0.1) is 5.92 Å². The van der Waals surface area contributed by atoms with Crippen LogP contribution in [0.4, 0.5) is 5.69 Å². The fraction of sp³-hybridized carbons (Fsp3) is 0.435. The minimum absolute atomic E-state index is 0.0331. The van der Waals surface area contributed by atoms with Crippen LogP contribution in [0.1, 0.15) is 50.8 Å². The first kappa shape index (κ1) is 22.9. The van der Waals surface area contributed by atoms with Gasteiger partial charge in [-0.2, -0.15) is 0 Å². The lowest BCUT2D eigenvalue weighted by atomic mass is 9.86. The fourth-order valence-corrected chi connectivity index (χ4v) is 3.65. The molecule has 2 rings (SSSR count). The van der Waals surface area contributed by atoms with Gasteiger partial charge in [0.1, 0.15) is 0 Å². The molecule has 0 fully saturated rings. The third-order valence-corrected chi connectivity index (χ3v) is 5.50. The number of nitrogens with one attached hydrogen (secondary N) is 2. The molecule has 0 bridgehead atoms. The molecule has 0 saturated heterocycles. The van der Waals surface area contributed by atoms with Gasteiger partial charge in [-0.3, -0.25) is 9.52 Å². The number of anilines is 1. The molecule has 1 amide bonds. The van der Waals surface area contributed by atoms with Crippen LogP contribution in [0.15, 0.2) is 48.5 Å². The van der Waals surface area contributed by atoms with E-state index in [-0.39, 0.29) is 17.2 Å². The van der Waals surface area contributed by atoms with Crippen molar-refractivity contribution in [3.05, 3.63) is 65.2 Å². The number of benzene rings is 2. The molecular formula is C23H32N2O3S. The molecule has 158 valence electrons. The molecular weight excluding hydrogens is 384 g/mol. The summed E-state index contributed by atoms with van der Waals surface area (Å²) in [5.74, 6) is -0.0487. The number of carbonyl (C=O) groups excluding carboxylic acids is 1. The maximum atomic E-state index is 12.6. The topological polar surface area (TPSA) is 75.3 Å². The van der Waals surface area contributed by atoms with E-state index in [1.165, 1.54) is 5.56 Å². The van der Waals surface area contributed by atoms with Gasteiger partial charge in [0.25, 0.3) is 0 Å². The summed E-state index contributed by atoms with van der Waals surface area (Å²) < 4.78 is 24.9. The molecule has 1 unspecified atom stereocenters. The second kappa shape index (κ2) is 9.44. The van der Waals surface area contributed by atoms with E-state index < -0.39 is 10.0 Å². The summed E-state index contributed by atoms with van der Waals surface area (Å²) in [6, 6.07) is 15.5. The number of sulfonamides is 1. The highest BCUT2D eigenvalue weighted by Crippen LogP contribution is 2.23. The molecule has 0 heterocycles. The molecule has 2 N–H and O–H groups in total. The number of amides is 1. The van der Waals surface area contributed by atoms with Crippen molar-refractivity contribution in [2.24, 2.45) is 5.92 Å². The van der Waals surface area contributed by atoms with Crippen molar-refractivity contribution in [3.63, 3.8) is 0 Å². The summed E-state index contributed by atoms with van der Waals surface area (Å²) >= 11 is 0. The Labute approximate surface area is 175 Å². The molecule has 5 nitrogen and oxygen atoms in total. The largest absolute Gasteiger partial charge is 0.352 e. The molecule has 0 spiro atoms. The van der Waals surface area contributed by atoms with Gasteiger partial charge in [0.2, 0.25) is 15.9 Å². The van der Waals surface area contributed by atoms with Crippen molar-refractivity contribution < 1.29 is 13.2 Å². The summed E-state index contributed by atoms with van der Waals surface area (Å²) in [6.07, 6.45) is 2.59. The van der Waals surface area contributed by atoms with Crippen LogP contribution in [-0.4, -0.2) is 20.6 Å². The standard InChI is InChI=1S/C23H32N2O3S/c1-6-19(15-17-7-11-20(12-8-17)23(2,3)4)22(26)24-16-18-9-13-21(14-10-18)25-29(5,27)28/h7-14,19,25H,6,15-16H2,1-5H3,(H,24,26). The molecule has 2 aromatic rings. The predicted octanol–water partition coefficient (Wildman–Crippen LogP) is 4.24. The molecule has 0 aliphatic carbocycles. The van der Waals surface area contributed by atoms with E-state index in [0.29, 0.717) is 18.7 Å². The molecule has 0 aliphatic rings. The Balaban J connectivity index is 1.92. The maximum Gasteiger partial charge on any atom is 0.229 e. The Kier molecular flexibility index (Phi) is 7.47. The van der Waals surface area contributed by atoms with Gasteiger partial charge in [0.05, 0.1) is 6.26 Å². The zero-order chi connectivity index (χ0) is 21.7. The van der Waals surface area contributed by atoms with E-state index in [1.54, 1.807) is 24.3 Å². The minimum atomic E-state index is -3.29. The Bertz CT molecular complexity index is 912. The monoisotopic (exact) mass is 416 g/mol. The smallest absolute Gasteiger partial charge is 0.229 e. The second-order valence-corrected chi connectivity index (χ2v) is 10.3. The van der Waals surface area contributed by atoms with E-state index in [9.17, 15) is 13.2 Å². The third-order valence-electron chi connectivity index (χ3n) is 4.89. The minimum Gasteiger partial charge on any atom is -0.352 e. The van der Waals surface area contributed by atoms with E-state index in [0.717, 1.165) is 23.8 Å². The molecule has 29 heavy (non-hydrogen) atoms. The van der Waals surface area contributed by atoms with Gasteiger partial charge in [-0.25, -0.2) is 8.42 Å². The maximum absolute atomic E-state index is 12.6. The number of hydrogen-bond donors (Lipinski definition) is 2. The van der Waals surface area contributed by atoms with Crippen molar-refractivity contribution in [2.45, 2.75) is 52.5 Å². The highest BCUT2D eigenvalue weighted by molar-refractivity contribution is 7.92. The Hall–Kier alpha value is -2.34. The highest BCUT2D eigenvalue weighted by Gasteiger charge is 2.18. The lowest BCUT2D eigenvalue weighted by molar-refractivity contribution is -0.125. The first-order valence-electron chi connectivity index (χ1n) is 9.92. The van der Waals surface area contributed by atoms with Crippen LogP contribution in [0.3, 0.4) is 0 Å². The molecule has 1 atom stereocenters. The summed E-state index contributed by atoms with van der Waals surface area (Å²) in [6.45, 7) is 9.01. The van der Waals surface area contributed by atoms with Gasteiger partial charge >= 0.3 is 0 Å². The van der Waals surface area contributed by atoms with Gasteiger partial charge in [-0.05, 0) is 47.1 Å². The molecule has 0 saturated carbocycles. The van der Waals surface area contributed by atoms with Crippen molar-refractivity contribution in [2.75, 3.05) is 11.0 Å². The van der Waals surface area contributed by atoms with Crippen molar-refractivity contribution in [3.8, 4) is 0 Å². The van der Waals surface area contributed by atoms with Crippen molar-refractivity contribution in [1.29, 1.82) is 0 Å². The van der Waals surface area contributed by atoms with Crippen molar-refractivity contribution >= 4 is 21.6 Å². The first-order valence-corrected chi connectivity index (χ1v) is 11.8. The second-order valence-electron chi connectivity index (χ2n) is 8.55. The van der Waals surface area contributed by atoms with Gasteiger partial charge in [-0.1, -0.05) is 64.1 Å². The van der Waals surface area contributed by atoms with E-state index in [1.807, 2.05) is 6.92 Å². The van der Waals surface area contributed by atoms with Crippen LogP contribution in [0.25, 0.3) is 0 Å². The summed E-state index contributed by atoms with van der Waals surface area (Å²) in [5.41, 5.74) is 3.99.